The van der Waals surface area contributed by atoms with E-state index in [0.29, 0.717) is 10.3 Å². The van der Waals surface area contributed by atoms with Gasteiger partial charge in [-0.05, 0) is 24.8 Å². The second-order valence-electron chi connectivity index (χ2n) is 4.80. The van der Waals surface area contributed by atoms with Crippen molar-refractivity contribution in [2.75, 3.05) is 16.8 Å². The molecule has 0 aliphatic heterocycles. The van der Waals surface area contributed by atoms with Crippen molar-refractivity contribution in [2.24, 2.45) is 0 Å². The number of amides is 1. The largest absolute Gasteiger partial charge is 0.368 e. The molecule has 1 unspecified atom stereocenters. The van der Waals surface area contributed by atoms with Gasteiger partial charge in [-0.3, -0.25) is 9.36 Å². The fourth-order valence-corrected chi connectivity index (χ4v) is 3.75. The smallest absolute Gasteiger partial charge is 0.249 e. The minimum absolute atomic E-state index is 0.200. The molecule has 3 N–H and O–H groups in total. The molecule has 1 amide bonds. The Labute approximate surface area is 141 Å². The maximum absolute atomic E-state index is 12.5. The summed E-state index contributed by atoms with van der Waals surface area (Å²) in [6.45, 7) is 3.77. The lowest BCUT2D eigenvalue weighted by Crippen LogP contribution is -2.25. The predicted molar refractivity (Wildman–Crippen MR) is 93.8 cm³/mol. The third-order valence-corrected chi connectivity index (χ3v) is 5.03. The van der Waals surface area contributed by atoms with Crippen molar-refractivity contribution in [2.45, 2.75) is 25.0 Å². The van der Waals surface area contributed by atoms with E-state index in [0.717, 1.165) is 16.0 Å². The second-order valence-corrected chi connectivity index (χ2v) is 7.06. The Balaban J connectivity index is 1.81. The van der Waals surface area contributed by atoms with Crippen molar-refractivity contribution in [1.82, 2.24) is 19.7 Å². The van der Waals surface area contributed by atoms with Gasteiger partial charge in [0.25, 0.3) is 0 Å². The molecule has 0 fully saturated rings. The first kappa shape index (κ1) is 15.8. The van der Waals surface area contributed by atoms with Crippen molar-refractivity contribution in [1.29, 1.82) is 0 Å². The fourth-order valence-electron chi connectivity index (χ4n) is 2.13. The van der Waals surface area contributed by atoms with E-state index in [1.165, 1.54) is 23.1 Å². The van der Waals surface area contributed by atoms with Crippen molar-refractivity contribution < 1.29 is 4.79 Å². The summed E-state index contributed by atoms with van der Waals surface area (Å²) in [4.78, 5) is 16.9. The monoisotopic (exact) mass is 348 g/mol. The number of benzene rings is 1. The molecule has 1 aromatic carbocycles. The molecule has 7 nitrogen and oxygen atoms in total. The number of thioether (sulfide) groups is 1. The van der Waals surface area contributed by atoms with Gasteiger partial charge in [0.15, 0.2) is 10.3 Å². The number of thiazole rings is 1. The van der Waals surface area contributed by atoms with Crippen LogP contribution >= 0.6 is 23.1 Å². The highest BCUT2D eigenvalue weighted by atomic mass is 32.2. The summed E-state index contributed by atoms with van der Waals surface area (Å²) in [7, 11) is 0. The van der Waals surface area contributed by atoms with Gasteiger partial charge in [0, 0.05) is 0 Å². The van der Waals surface area contributed by atoms with Crippen LogP contribution in [-0.2, 0) is 4.79 Å². The number of nitrogens with zero attached hydrogens (tertiary/aromatic N) is 4. The van der Waals surface area contributed by atoms with Gasteiger partial charge in [0.1, 0.15) is 6.04 Å². The van der Waals surface area contributed by atoms with Crippen LogP contribution < -0.4 is 11.1 Å². The van der Waals surface area contributed by atoms with Gasteiger partial charge in [0.2, 0.25) is 11.9 Å². The second kappa shape index (κ2) is 6.55. The van der Waals surface area contributed by atoms with E-state index in [1.54, 1.807) is 11.5 Å². The van der Waals surface area contributed by atoms with Gasteiger partial charge >= 0.3 is 0 Å². The number of para-hydroxylation sites is 1. The molecule has 0 spiro atoms. The van der Waals surface area contributed by atoms with E-state index in [-0.39, 0.29) is 11.9 Å². The first-order chi connectivity index (χ1) is 11.1. The SMILES string of the molecule is CCSc1nnc(N)n1C(C)C(=O)Nc1nc2ccccc2s1. The summed E-state index contributed by atoms with van der Waals surface area (Å²) in [6.07, 6.45) is 0. The molecule has 1 atom stereocenters. The molecule has 9 heteroatoms. The first-order valence-electron chi connectivity index (χ1n) is 7.09. The minimum atomic E-state index is -0.522. The molecule has 0 aliphatic carbocycles. The van der Waals surface area contributed by atoms with Crippen LogP contribution in [0.3, 0.4) is 0 Å². The topological polar surface area (TPSA) is 98.7 Å². The zero-order chi connectivity index (χ0) is 16.4. The van der Waals surface area contributed by atoms with E-state index in [2.05, 4.69) is 20.5 Å². The minimum Gasteiger partial charge on any atom is -0.368 e. The van der Waals surface area contributed by atoms with Crippen molar-refractivity contribution >= 4 is 50.3 Å². The molecule has 0 saturated heterocycles. The average Bonchev–Trinajstić information content (AvgIpc) is 3.10. The van der Waals surface area contributed by atoms with Gasteiger partial charge in [-0.25, -0.2) is 4.98 Å². The highest BCUT2D eigenvalue weighted by Gasteiger charge is 2.22. The predicted octanol–water partition coefficient (Wildman–Crippen LogP) is 2.78. The van der Waals surface area contributed by atoms with Crippen molar-refractivity contribution in [3.63, 3.8) is 0 Å². The van der Waals surface area contributed by atoms with E-state index < -0.39 is 6.04 Å². The van der Waals surface area contributed by atoms with Gasteiger partial charge < -0.3 is 11.1 Å². The molecule has 3 aromatic rings. The molecule has 120 valence electrons. The number of aromatic nitrogens is 4. The summed E-state index contributed by atoms with van der Waals surface area (Å²) in [6, 6.07) is 7.23. The van der Waals surface area contributed by atoms with Crippen LogP contribution in [0.4, 0.5) is 11.1 Å². The number of nitrogens with two attached hydrogens (primary N) is 1. The molecule has 0 bridgehead atoms. The molecule has 0 saturated carbocycles. The number of hydrogen-bond acceptors (Lipinski definition) is 7. The Bertz CT molecular complexity index is 810. The van der Waals surface area contributed by atoms with E-state index in [1.807, 2.05) is 31.2 Å². The fraction of sp³-hybridized carbons (Fsp3) is 0.286. The maximum Gasteiger partial charge on any atom is 0.249 e. The van der Waals surface area contributed by atoms with Gasteiger partial charge in [0.05, 0.1) is 10.2 Å². The molecule has 2 heterocycles. The normalized spacial score (nSPS) is 12.4. The Kier molecular flexibility index (Phi) is 4.49. The molecule has 23 heavy (non-hydrogen) atoms. The first-order valence-corrected chi connectivity index (χ1v) is 8.90. The van der Waals surface area contributed by atoms with Gasteiger partial charge in [-0.1, -0.05) is 42.2 Å². The molecular formula is C14H16N6OS2. The summed E-state index contributed by atoms with van der Waals surface area (Å²) >= 11 is 2.93. The summed E-state index contributed by atoms with van der Waals surface area (Å²) in [5, 5.41) is 11.9. The van der Waals surface area contributed by atoms with E-state index in [4.69, 9.17) is 5.73 Å². The number of nitrogen functional groups attached to an aromatic ring is 1. The molecule has 2 aromatic heterocycles. The van der Waals surface area contributed by atoms with Crippen molar-refractivity contribution in [3.8, 4) is 0 Å². The summed E-state index contributed by atoms with van der Waals surface area (Å²) in [5.41, 5.74) is 6.72. The van der Waals surface area contributed by atoms with Crippen LogP contribution in [0, 0.1) is 0 Å². The van der Waals surface area contributed by atoms with Crippen LogP contribution in [0.25, 0.3) is 10.2 Å². The lowest BCUT2D eigenvalue weighted by Gasteiger charge is -2.15. The standard InChI is InChI=1S/C14H16N6OS2/c1-3-22-14-19-18-12(15)20(14)8(2)11(21)17-13-16-9-6-4-5-7-10(9)23-13/h4-8H,3H2,1-2H3,(H2,15,18)(H,16,17,21). The van der Waals surface area contributed by atoms with Crippen LogP contribution in [-0.4, -0.2) is 31.4 Å². The zero-order valence-electron chi connectivity index (χ0n) is 12.7. The van der Waals surface area contributed by atoms with Gasteiger partial charge in [-0.2, -0.15) is 0 Å². The van der Waals surface area contributed by atoms with Crippen molar-refractivity contribution in [3.05, 3.63) is 24.3 Å². The number of carbonyl (C=O) groups excluding carboxylic acids is 1. The third kappa shape index (κ3) is 3.15. The van der Waals surface area contributed by atoms with Crippen LogP contribution in [0.1, 0.15) is 19.9 Å². The van der Waals surface area contributed by atoms with Gasteiger partial charge in [-0.15, -0.1) is 10.2 Å². The quantitative estimate of drug-likeness (QED) is 0.688. The number of anilines is 2. The van der Waals surface area contributed by atoms with Crippen LogP contribution in [0.2, 0.25) is 0 Å². The Morgan fingerprint density at radius 2 is 2.22 bits per heavy atom. The van der Waals surface area contributed by atoms with Crippen LogP contribution in [0.15, 0.2) is 29.4 Å². The lowest BCUT2D eigenvalue weighted by atomic mass is 10.3. The zero-order valence-corrected chi connectivity index (χ0v) is 14.3. The molecular weight excluding hydrogens is 332 g/mol. The average molecular weight is 348 g/mol. The lowest BCUT2D eigenvalue weighted by molar-refractivity contribution is -0.118. The Hall–Kier alpha value is -2.13. The maximum atomic E-state index is 12.5. The Morgan fingerprint density at radius 1 is 1.43 bits per heavy atom. The number of fused-ring (bicyclic) bond motifs is 1. The molecule has 0 aliphatic rings. The number of nitrogens with one attached hydrogen (secondary N) is 1. The van der Waals surface area contributed by atoms with E-state index >= 15 is 0 Å². The number of hydrogen-bond donors (Lipinski definition) is 2. The highest BCUT2D eigenvalue weighted by Crippen LogP contribution is 2.27. The summed E-state index contributed by atoms with van der Waals surface area (Å²) < 4.78 is 2.66. The molecule has 0 radical (unpaired) electrons. The number of rotatable bonds is 5. The highest BCUT2D eigenvalue weighted by molar-refractivity contribution is 7.99. The van der Waals surface area contributed by atoms with E-state index in [9.17, 15) is 4.79 Å². The number of carbonyl (C=O) groups is 1. The Morgan fingerprint density at radius 3 is 2.96 bits per heavy atom. The third-order valence-electron chi connectivity index (χ3n) is 3.26. The molecule has 3 rings (SSSR count). The summed E-state index contributed by atoms with van der Waals surface area (Å²) in [5.74, 6) is 0.853. The van der Waals surface area contributed by atoms with Crippen LogP contribution in [0.5, 0.6) is 0 Å².